The molecule has 0 aliphatic heterocycles. The lowest BCUT2D eigenvalue weighted by molar-refractivity contribution is -0.146. The van der Waals surface area contributed by atoms with Crippen molar-refractivity contribution in [2.75, 3.05) is 26.1 Å². The summed E-state index contributed by atoms with van der Waals surface area (Å²) in [6, 6.07) is 22.0. The minimum Gasteiger partial charge on any atom is -0.497 e. The Balaban J connectivity index is 1.86. The Kier molecular flexibility index (Phi) is 10.4. The molecule has 0 saturated heterocycles. The van der Waals surface area contributed by atoms with E-state index >= 15 is 0 Å². The molecule has 7 heteroatoms. The Morgan fingerprint density at radius 3 is 2.32 bits per heavy atom. The normalized spacial score (nSPS) is 11.4. The van der Waals surface area contributed by atoms with Gasteiger partial charge in [0.05, 0.1) is 25.6 Å². The molecule has 2 aromatic carbocycles. The van der Waals surface area contributed by atoms with Gasteiger partial charge in [0, 0.05) is 37.4 Å². The van der Waals surface area contributed by atoms with Crippen molar-refractivity contribution in [1.29, 1.82) is 0 Å². The van der Waals surface area contributed by atoms with Gasteiger partial charge in [-0.3, -0.25) is 9.59 Å². The summed E-state index contributed by atoms with van der Waals surface area (Å²) in [4.78, 5) is 30.6. The maximum Gasteiger partial charge on any atom is 0.242 e. The number of amides is 2. The van der Waals surface area contributed by atoms with Crippen LogP contribution in [0.4, 0.5) is 0 Å². The molecule has 0 N–H and O–H groups in total. The highest BCUT2D eigenvalue weighted by molar-refractivity contribution is 6.19. The molecule has 1 aromatic heterocycles. The molecule has 6 nitrogen and oxygen atoms in total. The number of benzene rings is 2. The number of rotatable bonds is 13. The summed E-state index contributed by atoms with van der Waals surface area (Å²) in [6.07, 6.45) is 2.03. The molecule has 0 saturated carbocycles. The first-order valence-corrected chi connectivity index (χ1v) is 13.6. The second-order valence-corrected chi connectivity index (χ2v) is 11.1. The van der Waals surface area contributed by atoms with Crippen molar-refractivity contribution in [3.63, 3.8) is 0 Å². The Morgan fingerprint density at radius 2 is 1.66 bits per heavy atom. The first kappa shape index (κ1) is 29.3. The molecule has 0 bridgehead atoms. The molecule has 0 spiro atoms. The molecule has 0 fully saturated rings. The van der Waals surface area contributed by atoms with E-state index < -0.39 is 5.41 Å². The van der Waals surface area contributed by atoms with E-state index in [1.807, 2.05) is 99.5 Å². The lowest BCUT2D eigenvalue weighted by atomic mass is 9.93. The van der Waals surface area contributed by atoms with Crippen LogP contribution in [0.15, 0.2) is 72.9 Å². The quantitative estimate of drug-likeness (QED) is 0.258. The van der Waals surface area contributed by atoms with Crippen LogP contribution >= 0.6 is 11.6 Å². The van der Waals surface area contributed by atoms with Gasteiger partial charge in [-0.1, -0.05) is 56.3 Å². The Labute approximate surface area is 232 Å². The zero-order chi connectivity index (χ0) is 27.7. The van der Waals surface area contributed by atoms with Gasteiger partial charge in [-0.05, 0) is 55.2 Å². The molecule has 38 heavy (non-hydrogen) atoms. The van der Waals surface area contributed by atoms with Crippen molar-refractivity contribution < 1.29 is 14.3 Å². The smallest absolute Gasteiger partial charge is 0.242 e. The summed E-state index contributed by atoms with van der Waals surface area (Å²) in [5, 5.41) is 0. The summed E-state index contributed by atoms with van der Waals surface area (Å²) < 4.78 is 7.53. The second kappa shape index (κ2) is 13.5. The summed E-state index contributed by atoms with van der Waals surface area (Å²) in [5.74, 6) is 1.03. The predicted molar refractivity (Wildman–Crippen MR) is 153 cm³/mol. The van der Waals surface area contributed by atoms with Crippen molar-refractivity contribution in [2.45, 2.75) is 47.3 Å². The van der Waals surface area contributed by atoms with Crippen LogP contribution in [0.25, 0.3) is 0 Å². The van der Waals surface area contributed by atoms with Gasteiger partial charge in [0.2, 0.25) is 11.8 Å². The average Bonchev–Trinajstić information content (AvgIpc) is 3.34. The fourth-order valence-electron chi connectivity index (χ4n) is 4.35. The number of methoxy groups -OCH3 is 1. The van der Waals surface area contributed by atoms with E-state index in [0.717, 1.165) is 22.6 Å². The Bertz CT molecular complexity index is 1190. The van der Waals surface area contributed by atoms with Gasteiger partial charge in [-0.2, -0.15) is 0 Å². The van der Waals surface area contributed by atoms with Gasteiger partial charge in [-0.25, -0.2) is 0 Å². The minimum absolute atomic E-state index is 0.0146. The van der Waals surface area contributed by atoms with Crippen molar-refractivity contribution in [3.8, 4) is 5.75 Å². The van der Waals surface area contributed by atoms with Crippen LogP contribution in [0.3, 0.4) is 0 Å². The third-order valence-electron chi connectivity index (χ3n) is 6.44. The molecule has 204 valence electrons. The topological polar surface area (TPSA) is 54.8 Å². The van der Waals surface area contributed by atoms with Gasteiger partial charge in [0.25, 0.3) is 0 Å². The molecule has 0 aliphatic carbocycles. The number of carbonyl (C=O) groups is 2. The summed E-state index contributed by atoms with van der Waals surface area (Å²) in [7, 11) is 1.66. The van der Waals surface area contributed by atoms with Crippen LogP contribution in [-0.2, 0) is 29.2 Å². The number of aromatic nitrogens is 1. The van der Waals surface area contributed by atoms with Gasteiger partial charge in [-0.15, -0.1) is 11.6 Å². The summed E-state index contributed by atoms with van der Waals surface area (Å²) >= 11 is 6.12. The fraction of sp³-hybridized carbons (Fsp3) is 0.419. The maximum atomic E-state index is 13.8. The Morgan fingerprint density at radius 1 is 0.947 bits per heavy atom. The molecule has 0 atom stereocenters. The molecule has 2 amide bonds. The number of carbonyl (C=O) groups excluding carboxylic acids is 2. The first-order chi connectivity index (χ1) is 18.1. The summed E-state index contributed by atoms with van der Waals surface area (Å²) in [6.45, 7) is 9.80. The average molecular weight is 538 g/mol. The van der Waals surface area contributed by atoms with E-state index in [2.05, 4.69) is 10.6 Å². The molecule has 3 rings (SSSR count). The third kappa shape index (κ3) is 8.12. The molecule has 1 heterocycles. The van der Waals surface area contributed by atoms with Crippen LogP contribution in [0.2, 0.25) is 0 Å². The van der Waals surface area contributed by atoms with Crippen LogP contribution in [0.5, 0.6) is 5.75 Å². The first-order valence-electron chi connectivity index (χ1n) is 13.1. The highest BCUT2D eigenvalue weighted by atomic mass is 35.5. The zero-order valence-corrected chi connectivity index (χ0v) is 23.9. The van der Waals surface area contributed by atoms with E-state index in [4.69, 9.17) is 16.3 Å². The van der Waals surface area contributed by atoms with Crippen molar-refractivity contribution in [3.05, 3.63) is 89.7 Å². The number of alkyl halides is 1. The van der Waals surface area contributed by atoms with Crippen LogP contribution in [0.1, 0.15) is 44.5 Å². The second-order valence-electron chi connectivity index (χ2n) is 10.8. The maximum absolute atomic E-state index is 13.8. The van der Waals surface area contributed by atoms with E-state index in [9.17, 15) is 9.59 Å². The molecular weight excluding hydrogens is 498 g/mol. The number of hydrogen-bond acceptors (Lipinski definition) is 3. The number of halogens is 1. The van der Waals surface area contributed by atoms with Crippen LogP contribution < -0.4 is 4.74 Å². The van der Waals surface area contributed by atoms with Crippen molar-refractivity contribution in [1.82, 2.24) is 14.4 Å². The minimum atomic E-state index is -0.744. The van der Waals surface area contributed by atoms with Crippen LogP contribution in [0, 0.1) is 11.3 Å². The van der Waals surface area contributed by atoms with Crippen molar-refractivity contribution >= 4 is 23.4 Å². The predicted octanol–water partition coefficient (Wildman–Crippen LogP) is 5.82. The lowest BCUT2D eigenvalue weighted by Gasteiger charge is -2.33. The fourth-order valence-corrected chi connectivity index (χ4v) is 4.47. The molecule has 0 aliphatic rings. The number of nitrogens with zero attached hydrogens (tertiary/aromatic N) is 3. The highest BCUT2D eigenvalue weighted by Crippen LogP contribution is 2.22. The Hall–Kier alpha value is -3.25. The van der Waals surface area contributed by atoms with Gasteiger partial charge in [0.15, 0.2) is 0 Å². The zero-order valence-electron chi connectivity index (χ0n) is 23.2. The largest absolute Gasteiger partial charge is 0.497 e. The van der Waals surface area contributed by atoms with Gasteiger partial charge < -0.3 is 19.1 Å². The van der Waals surface area contributed by atoms with E-state index in [-0.39, 0.29) is 30.2 Å². The standard InChI is InChI=1S/C31H40ClN3O3/c1-24(2)18-35(30(37)31(3,4)23-32)22-29(36)34(19-25-11-7-6-8-12-25)21-27-14-10-16-33(27)20-26-13-9-15-28(17-26)38-5/h6-17,24H,18-23H2,1-5H3. The highest BCUT2D eigenvalue weighted by Gasteiger charge is 2.33. The van der Waals surface area contributed by atoms with Crippen molar-refractivity contribution in [2.24, 2.45) is 11.3 Å². The number of ether oxygens (including phenoxy) is 1. The van der Waals surface area contributed by atoms with E-state index in [1.165, 1.54) is 0 Å². The van der Waals surface area contributed by atoms with E-state index in [0.29, 0.717) is 26.2 Å². The SMILES string of the molecule is COc1cccc(Cn2cccc2CN(Cc2ccccc2)C(=O)CN(CC(C)C)C(=O)C(C)(C)CCl)c1. The number of hydrogen-bond donors (Lipinski definition) is 0. The van der Waals surface area contributed by atoms with Gasteiger partial charge >= 0.3 is 0 Å². The molecule has 0 unspecified atom stereocenters. The molecule has 0 radical (unpaired) electrons. The lowest BCUT2D eigenvalue weighted by Crippen LogP contribution is -2.48. The van der Waals surface area contributed by atoms with Crippen LogP contribution in [-0.4, -0.2) is 52.3 Å². The molecule has 3 aromatic rings. The monoisotopic (exact) mass is 537 g/mol. The van der Waals surface area contributed by atoms with Gasteiger partial charge in [0.1, 0.15) is 5.75 Å². The molecular formula is C31H40ClN3O3. The van der Waals surface area contributed by atoms with E-state index in [1.54, 1.807) is 12.0 Å². The summed E-state index contributed by atoms with van der Waals surface area (Å²) in [5.41, 5.74) is 2.42. The third-order valence-corrected chi connectivity index (χ3v) is 7.11.